The van der Waals surface area contributed by atoms with E-state index in [1.807, 2.05) is 0 Å². The summed E-state index contributed by atoms with van der Waals surface area (Å²) in [7, 11) is 4.40. The predicted molar refractivity (Wildman–Crippen MR) is 76.7 cm³/mol. The largest absolute Gasteiger partial charge is 0.329 e. The summed E-state index contributed by atoms with van der Waals surface area (Å²) in [6.45, 7) is 4.08. The van der Waals surface area contributed by atoms with Crippen molar-refractivity contribution in [1.29, 1.82) is 0 Å². The first kappa shape index (κ1) is 13.5. The van der Waals surface area contributed by atoms with Gasteiger partial charge in [-0.3, -0.25) is 4.90 Å². The molecule has 2 rings (SSSR count). The molecule has 18 heavy (non-hydrogen) atoms. The molecule has 1 unspecified atom stereocenters. The Morgan fingerprint density at radius 2 is 2.06 bits per heavy atom. The third kappa shape index (κ3) is 2.91. The van der Waals surface area contributed by atoms with Gasteiger partial charge >= 0.3 is 0 Å². The lowest BCUT2D eigenvalue weighted by atomic mass is 9.96. The fourth-order valence-corrected chi connectivity index (χ4v) is 2.87. The third-order valence-corrected chi connectivity index (χ3v) is 4.29. The number of nitrogens with zero attached hydrogens (tertiary/aromatic N) is 2. The van der Waals surface area contributed by atoms with Crippen LogP contribution in [0, 0.1) is 0 Å². The second-order valence-corrected chi connectivity index (χ2v) is 5.57. The van der Waals surface area contributed by atoms with Gasteiger partial charge in [-0.15, -0.1) is 0 Å². The maximum Gasteiger partial charge on any atom is 0.0467 e. The Bertz CT molecular complexity index is 365. The van der Waals surface area contributed by atoms with Crippen molar-refractivity contribution in [2.24, 2.45) is 5.73 Å². The van der Waals surface area contributed by atoms with Crippen LogP contribution in [0.5, 0.6) is 0 Å². The van der Waals surface area contributed by atoms with Crippen LogP contribution in [0.1, 0.15) is 12.0 Å². The van der Waals surface area contributed by atoms with E-state index in [1.54, 1.807) is 0 Å². The van der Waals surface area contributed by atoms with Crippen LogP contribution in [-0.2, 0) is 6.42 Å². The molecule has 1 aromatic carbocycles. The van der Waals surface area contributed by atoms with Gasteiger partial charge in [0.15, 0.2) is 0 Å². The van der Waals surface area contributed by atoms with Crippen LogP contribution >= 0.6 is 0 Å². The molecular weight excluding hydrogens is 222 g/mol. The lowest BCUT2D eigenvalue weighted by Gasteiger charge is -2.38. The fraction of sp³-hybridized carbons (Fsp3) is 0.600. The fourth-order valence-electron chi connectivity index (χ4n) is 2.87. The van der Waals surface area contributed by atoms with E-state index in [2.05, 4.69) is 54.2 Å². The average Bonchev–Trinajstić information content (AvgIpc) is 2.80. The Labute approximate surface area is 111 Å². The van der Waals surface area contributed by atoms with E-state index in [-0.39, 0.29) is 5.54 Å². The van der Waals surface area contributed by atoms with Crippen molar-refractivity contribution in [2.45, 2.75) is 18.4 Å². The number of hydrogen-bond donors (Lipinski definition) is 1. The smallest absolute Gasteiger partial charge is 0.0467 e. The lowest BCUT2D eigenvalue weighted by molar-refractivity contribution is 0.135. The molecule has 1 aliphatic heterocycles. The van der Waals surface area contributed by atoms with Crippen LogP contribution in [0.3, 0.4) is 0 Å². The van der Waals surface area contributed by atoms with Crippen LogP contribution in [0.2, 0.25) is 0 Å². The Hall–Kier alpha value is -0.900. The summed E-state index contributed by atoms with van der Waals surface area (Å²) < 4.78 is 0. The molecule has 0 radical (unpaired) electrons. The zero-order chi connectivity index (χ0) is 13.0. The van der Waals surface area contributed by atoms with Crippen molar-refractivity contribution >= 4 is 0 Å². The van der Waals surface area contributed by atoms with Crippen LogP contribution in [0.15, 0.2) is 30.3 Å². The van der Waals surface area contributed by atoms with Gasteiger partial charge in [-0.1, -0.05) is 30.3 Å². The molecule has 1 heterocycles. The molecule has 0 bridgehead atoms. The minimum Gasteiger partial charge on any atom is -0.329 e. The number of likely N-dealkylation sites (tertiary alicyclic amines) is 1. The molecule has 1 atom stereocenters. The van der Waals surface area contributed by atoms with E-state index in [0.717, 1.165) is 32.6 Å². The molecule has 1 saturated heterocycles. The molecule has 0 spiro atoms. The third-order valence-electron chi connectivity index (χ3n) is 4.29. The van der Waals surface area contributed by atoms with Gasteiger partial charge < -0.3 is 10.6 Å². The van der Waals surface area contributed by atoms with E-state index >= 15 is 0 Å². The lowest BCUT2D eigenvalue weighted by Crippen LogP contribution is -2.54. The second-order valence-electron chi connectivity index (χ2n) is 5.57. The normalized spacial score (nSPS) is 24.9. The maximum absolute atomic E-state index is 6.03. The topological polar surface area (TPSA) is 32.5 Å². The van der Waals surface area contributed by atoms with Gasteiger partial charge in [0.2, 0.25) is 0 Å². The van der Waals surface area contributed by atoms with Gasteiger partial charge in [-0.2, -0.15) is 0 Å². The zero-order valence-corrected chi connectivity index (χ0v) is 11.6. The van der Waals surface area contributed by atoms with Gasteiger partial charge in [0, 0.05) is 25.2 Å². The van der Waals surface area contributed by atoms with Gasteiger partial charge in [-0.25, -0.2) is 0 Å². The minimum atomic E-state index is 0.184. The molecule has 1 aliphatic rings. The average molecular weight is 247 g/mol. The summed E-state index contributed by atoms with van der Waals surface area (Å²) in [6.07, 6.45) is 2.29. The molecule has 0 amide bonds. The Morgan fingerprint density at radius 1 is 1.33 bits per heavy atom. The summed E-state index contributed by atoms with van der Waals surface area (Å²) in [4.78, 5) is 4.84. The molecule has 1 fully saturated rings. The zero-order valence-electron chi connectivity index (χ0n) is 11.6. The van der Waals surface area contributed by atoms with Gasteiger partial charge in [0.1, 0.15) is 0 Å². The number of nitrogens with two attached hydrogens (primary N) is 1. The molecule has 3 heteroatoms. The van der Waals surface area contributed by atoms with E-state index in [1.165, 1.54) is 12.0 Å². The van der Waals surface area contributed by atoms with Crippen LogP contribution in [0.4, 0.5) is 0 Å². The van der Waals surface area contributed by atoms with Crippen molar-refractivity contribution in [3.8, 4) is 0 Å². The quantitative estimate of drug-likeness (QED) is 0.848. The highest BCUT2D eigenvalue weighted by Crippen LogP contribution is 2.25. The van der Waals surface area contributed by atoms with Gasteiger partial charge in [0.05, 0.1) is 0 Å². The molecule has 2 N–H and O–H groups in total. The molecule has 100 valence electrons. The maximum atomic E-state index is 6.03. The SMILES string of the molecule is CN1CCC(CN)(N(C)CCc2ccccc2)C1. The summed E-state index contributed by atoms with van der Waals surface area (Å²) >= 11 is 0. The van der Waals surface area contributed by atoms with Crippen LogP contribution in [0.25, 0.3) is 0 Å². The Morgan fingerprint density at radius 3 is 2.61 bits per heavy atom. The molecular formula is C15H25N3. The highest BCUT2D eigenvalue weighted by atomic mass is 15.3. The summed E-state index contributed by atoms with van der Waals surface area (Å²) in [5, 5.41) is 0. The van der Waals surface area contributed by atoms with Crippen LogP contribution in [-0.4, -0.2) is 55.6 Å². The van der Waals surface area contributed by atoms with E-state index in [9.17, 15) is 0 Å². The second kappa shape index (κ2) is 5.83. The Balaban J connectivity index is 1.92. The first-order valence-electron chi connectivity index (χ1n) is 6.80. The number of likely N-dealkylation sites (N-methyl/N-ethyl adjacent to an activating group) is 2. The van der Waals surface area contributed by atoms with Crippen molar-refractivity contribution in [3.05, 3.63) is 35.9 Å². The van der Waals surface area contributed by atoms with E-state index in [0.29, 0.717) is 0 Å². The number of benzene rings is 1. The number of hydrogen-bond acceptors (Lipinski definition) is 3. The summed E-state index contributed by atoms with van der Waals surface area (Å²) in [5.74, 6) is 0. The molecule has 1 aromatic rings. The van der Waals surface area contributed by atoms with E-state index < -0.39 is 0 Å². The first-order valence-corrected chi connectivity index (χ1v) is 6.80. The number of rotatable bonds is 5. The van der Waals surface area contributed by atoms with Crippen molar-refractivity contribution in [1.82, 2.24) is 9.80 Å². The molecule has 0 aliphatic carbocycles. The predicted octanol–water partition coefficient (Wildman–Crippen LogP) is 1.19. The molecule has 0 aromatic heterocycles. The monoisotopic (exact) mass is 247 g/mol. The van der Waals surface area contributed by atoms with Crippen LogP contribution < -0.4 is 5.73 Å². The first-order chi connectivity index (χ1) is 8.66. The van der Waals surface area contributed by atoms with Crippen molar-refractivity contribution < 1.29 is 0 Å². The van der Waals surface area contributed by atoms with Crippen molar-refractivity contribution in [3.63, 3.8) is 0 Å². The summed E-state index contributed by atoms with van der Waals surface area (Å²) in [6, 6.07) is 10.7. The summed E-state index contributed by atoms with van der Waals surface area (Å²) in [5.41, 5.74) is 7.62. The van der Waals surface area contributed by atoms with E-state index in [4.69, 9.17) is 5.73 Å². The highest BCUT2D eigenvalue weighted by molar-refractivity contribution is 5.15. The minimum absolute atomic E-state index is 0.184. The standard InChI is InChI=1S/C15H25N3/c1-17-11-9-15(12-16,13-17)18(2)10-8-14-6-4-3-5-7-14/h3-7H,8-13,16H2,1-2H3. The van der Waals surface area contributed by atoms with Crippen molar-refractivity contribution in [2.75, 3.05) is 40.3 Å². The molecule has 3 nitrogen and oxygen atoms in total. The van der Waals surface area contributed by atoms with Gasteiger partial charge in [0.25, 0.3) is 0 Å². The molecule has 0 saturated carbocycles. The Kier molecular flexibility index (Phi) is 4.38. The highest BCUT2D eigenvalue weighted by Gasteiger charge is 2.38. The van der Waals surface area contributed by atoms with Gasteiger partial charge in [-0.05, 0) is 39.0 Å².